The van der Waals surface area contributed by atoms with Gasteiger partial charge in [0.15, 0.2) is 0 Å². The SMILES string of the molecule is NCCS(=O)(=O)NC1CCCc2ccccc21. The van der Waals surface area contributed by atoms with Crippen LogP contribution in [0.5, 0.6) is 0 Å². The molecule has 0 saturated carbocycles. The predicted octanol–water partition coefficient (Wildman–Crippen LogP) is 0.942. The third-order valence-corrected chi connectivity index (χ3v) is 4.49. The van der Waals surface area contributed by atoms with E-state index in [9.17, 15) is 8.42 Å². The molecule has 1 aromatic rings. The van der Waals surface area contributed by atoms with Crippen molar-refractivity contribution < 1.29 is 8.42 Å². The Balaban J connectivity index is 2.19. The first kappa shape index (κ1) is 12.5. The molecule has 1 unspecified atom stereocenters. The Bertz CT molecular complexity index is 485. The minimum atomic E-state index is -3.25. The van der Waals surface area contributed by atoms with Crippen molar-refractivity contribution in [2.45, 2.75) is 25.3 Å². The Labute approximate surface area is 102 Å². The molecule has 0 aliphatic heterocycles. The molecule has 0 aromatic heterocycles. The molecule has 0 fully saturated rings. The van der Waals surface area contributed by atoms with Gasteiger partial charge in [-0.05, 0) is 30.4 Å². The molecular weight excluding hydrogens is 236 g/mol. The van der Waals surface area contributed by atoms with Gasteiger partial charge in [-0.15, -0.1) is 0 Å². The van der Waals surface area contributed by atoms with Crippen LogP contribution in [0.1, 0.15) is 30.0 Å². The summed E-state index contributed by atoms with van der Waals surface area (Å²) in [5.41, 5.74) is 7.65. The average Bonchev–Trinajstić information content (AvgIpc) is 2.29. The maximum absolute atomic E-state index is 11.7. The maximum atomic E-state index is 11.7. The van der Waals surface area contributed by atoms with Gasteiger partial charge < -0.3 is 5.73 Å². The standard InChI is InChI=1S/C12H18N2O2S/c13-8-9-17(15,16)14-12-7-3-5-10-4-1-2-6-11(10)12/h1-2,4,6,12,14H,3,5,7-9,13H2. The number of fused-ring (bicyclic) bond motifs is 1. The lowest BCUT2D eigenvalue weighted by Crippen LogP contribution is -2.34. The van der Waals surface area contributed by atoms with Gasteiger partial charge in [0, 0.05) is 12.6 Å². The minimum absolute atomic E-state index is 0.00827. The van der Waals surface area contributed by atoms with Gasteiger partial charge >= 0.3 is 0 Å². The van der Waals surface area contributed by atoms with Gasteiger partial charge in [0.2, 0.25) is 10.0 Å². The van der Waals surface area contributed by atoms with Crippen LogP contribution in [0.15, 0.2) is 24.3 Å². The Hall–Kier alpha value is -0.910. The summed E-state index contributed by atoms with van der Waals surface area (Å²) < 4.78 is 26.2. The van der Waals surface area contributed by atoms with Crippen LogP contribution in [0.2, 0.25) is 0 Å². The van der Waals surface area contributed by atoms with Crippen molar-refractivity contribution in [1.82, 2.24) is 4.72 Å². The summed E-state index contributed by atoms with van der Waals surface area (Å²) >= 11 is 0. The maximum Gasteiger partial charge on any atom is 0.213 e. The van der Waals surface area contributed by atoms with E-state index in [1.165, 1.54) is 5.56 Å². The van der Waals surface area contributed by atoms with Gasteiger partial charge in [0.05, 0.1) is 5.75 Å². The molecular formula is C12H18N2O2S. The summed E-state index contributed by atoms with van der Waals surface area (Å²) in [7, 11) is -3.25. The van der Waals surface area contributed by atoms with Crippen molar-refractivity contribution in [2.75, 3.05) is 12.3 Å². The third kappa shape index (κ3) is 3.06. The van der Waals surface area contributed by atoms with E-state index in [-0.39, 0.29) is 18.3 Å². The number of rotatable bonds is 4. The molecule has 3 N–H and O–H groups in total. The van der Waals surface area contributed by atoms with Crippen molar-refractivity contribution in [3.63, 3.8) is 0 Å². The highest BCUT2D eigenvalue weighted by Gasteiger charge is 2.23. The van der Waals surface area contributed by atoms with Gasteiger partial charge in [0.1, 0.15) is 0 Å². The highest BCUT2D eigenvalue weighted by molar-refractivity contribution is 7.89. The Morgan fingerprint density at radius 2 is 2.12 bits per heavy atom. The quantitative estimate of drug-likeness (QED) is 0.840. The lowest BCUT2D eigenvalue weighted by molar-refractivity contribution is 0.507. The van der Waals surface area contributed by atoms with Crippen LogP contribution in [0.3, 0.4) is 0 Å². The number of benzene rings is 1. The van der Waals surface area contributed by atoms with Crippen LogP contribution in [0.25, 0.3) is 0 Å². The van der Waals surface area contributed by atoms with Gasteiger partial charge in [0.25, 0.3) is 0 Å². The van der Waals surface area contributed by atoms with Crippen molar-refractivity contribution >= 4 is 10.0 Å². The highest BCUT2D eigenvalue weighted by atomic mass is 32.2. The number of hydrogen-bond acceptors (Lipinski definition) is 3. The summed E-state index contributed by atoms with van der Waals surface area (Å²) in [6, 6.07) is 7.93. The van der Waals surface area contributed by atoms with Crippen LogP contribution in [-0.4, -0.2) is 20.7 Å². The molecule has 2 rings (SSSR count). The zero-order valence-corrected chi connectivity index (χ0v) is 10.5. The van der Waals surface area contributed by atoms with Crippen molar-refractivity contribution in [3.8, 4) is 0 Å². The van der Waals surface area contributed by atoms with Crippen LogP contribution in [0.4, 0.5) is 0 Å². The fourth-order valence-electron chi connectivity index (χ4n) is 2.31. The summed E-state index contributed by atoms with van der Waals surface area (Å²) in [6.45, 7) is 0.156. The van der Waals surface area contributed by atoms with Gasteiger partial charge in [-0.1, -0.05) is 24.3 Å². The van der Waals surface area contributed by atoms with E-state index in [4.69, 9.17) is 5.73 Å². The fraction of sp³-hybridized carbons (Fsp3) is 0.500. The molecule has 1 aliphatic carbocycles. The molecule has 94 valence electrons. The molecule has 1 atom stereocenters. The van der Waals surface area contributed by atoms with E-state index in [0.717, 1.165) is 24.8 Å². The summed E-state index contributed by atoms with van der Waals surface area (Å²) in [5, 5.41) is 0. The lowest BCUT2D eigenvalue weighted by Gasteiger charge is -2.26. The Kier molecular flexibility index (Phi) is 3.81. The third-order valence-electron chi connectivity index (χ3n) is 3.08. The second kappa shape index (κ2) is 5.16. The molecule has 1 aliphatic rings. The zero-order chi connectivity index (χ0) is 12.3. The second-order valence-corrected chi connectivity index (χ2v) is 6.24. The lowest BCUT2D eigenvalue weighted by atomic mass is 9.88. The smallest absolute Gasteiger partial charge is 0.213 e. The monoisotopic (exact) mass is 254 g/mol. The Morgan fingerprint density at radius 1 is 1.35 bits per heavy atom. The average molecular weight is 254 g/mol. The minimum Gasteiger partial charge on any atom is -0.329 e. The largest absolute Gasteiger partial charge is 0.329 e. The van der Waals surface area contributed by atoms with Crippen LogP contribution < -0.4 is 10.5 Å². The number of nitrogens with two attached hydrogens (primary N) is 1. The highest BCUT2D eigenvalue weighted by Crippen LogP contribution is 2.29. The van der Waals surface area contributed by atoms with E-state index >= 15 is 0 Å². The molecule has 5 heteroatoms. The summed E-state index contributed by atoms with van der Waals surface area (Å²) in [6.07, 6.45) is 2.92. The summed E-state index contributed by atoms with van der Waals surface area (Å²) in [4.78, 5) is 0. The summed E-state index contributed by atoms with van der Waals surface area (Å²) in [5.74, 6) is -0.00827. The molecule has 0 spiro atoms. The number of nitrogens with one attached hydrogen (secondary N) is 1. The van der Waals surface area contributed by atoms with E-state index in [1.54, 1.807) is 0 Å². The molecule has 4 nitrogen and oxygen atoms in total. The Morgan fingerprint density at radius 3 is 2.88 bits per heavy atom. The molecule has 0 radical (unpaired) electrons. The van der Waals surface area contributed by atoms with Gasteiger partial charge in [-0.2, -0.15) is 0 Å². The number of aryl methyl sites for hydroxylation is 1. The van der Waals surface area contributed by atoms with Crippen molar-refractivity contribution in [1.29, 1.82) is 0 Å². The van der Waals surface area contributed by atoms with Crippen LogP contribution in [0, 0.1) is 0 Å². The van der Waals surface area contributed by atoms with E-state index in [0.29, 0.717) is 0 Å². The normalized spacial score (nSPS) is 19.9. The molecule has 0 bridgehead atoms. The van der Waals surface area contributed by atoms with Crippen molar-refractivity contribution in [2.24, 2.45) is 5.73 Å². The van der Waals surface area contributed by atoms with Crippen molar-refractivity contribution in [3.05, 3.63) is 35.4 Å². The first-order valence-corrected chi connectivity index (χ1v) is 7.55. The zero-order valence-electron chi connectivity index (χ0n) is 9.72. The molecule has 17 heavy (non-hydrogen) atoms. The molecule has 0 saturated heterocycles. The first-order chi connectivity index (χ1) is 8.12. The predicted molar refractivity (Wildman–Crippen MR) is 68.1 cm³/mol. The van der Waals surface area contributed by atoms with E-state index < -0.39 is 10.0 Å². The topological polar surface area (TPSA) is 72.2 Å². The fourth-order valence-corrected chi connectivity index (χ4v) is 3.41. The number of sulfonamides is 1. The van der Waals surface area contributed by atoms with Crippen LogP contribution >= 0.6 is 0 Å². The van der Waals surface area contributed by atoms with E-state index in [1.807, 2.05) is 18.2 Å². The van der Waals surface area contributed by atoms with Crippen LogP contribution in [-0.2, 0) is 16.4 Å². The first-order valence-electron chi connectivity index (χ1n) is 5.90. The molecule has 1 aromatic carbocycles. The second-order valence-electron chi connectivity index (χ2n) is 4.37. The van der Waals surface area contributed by atoms with E-state index in [2.05, 4.69) is 10.8 Å². The molecule has 0 amide bonds. The van der Waals surface area contributed by atoms with Gasteiger partial charge in [-0.3, -0.25) is 0 Å². The molecule has 0 heterocycles. The number of hydrogen-bond donors (Lipinski definition) is 2. The van der Waals surface area contributed by atoms with Gasteiger partial charge in [-0.25, -0.2) is 13.1 Å².